The maximum atomic E-state index is 14.3. The Hall–Kier alpha value is -1.83. The number of fused-ring (bicyclic) bond motifs is 1. The summed E-state index contributed by atoms with van der Waals surface area (Å²) in [6.45, 7) is 0.360. The third-order valence-corrected chi connectivity index (χ3v) is 4.06. The number of carbonyl (C=O) groups is 1. The number of nitrogens with one attached hydrogen (secondary N) is 2. The molecule has 1 atom stereocenters. The van der Waals surface area contributed by atoms with Gasteiger partial charge in [-0.15, -0.1) is 0 Å². The SMILES string of the molecule is O=C1CN(c2c(O)cc3c(c2F)CCN3)S(=O)N1. The van der Waals surface area contributed by atoms with E-state index < -0.39 is 22.9 Å². The van der Waals surface area contributed by atoms with E-state index in [1.54, 1.807) is 0 Å². The van der Waals surface area contributed by atoms with Gasteiger partial charge in [-0.25, -0.2) is 8.60 Å². The summed E-state index contributed by atoms with van der Waals surface area (Å²) in [6.07, 6.45) is 0.496. The molecule has 3 N–H and O–H groups in total. The van der Waals surface area contributed by atoms with Crippen LogP contribution in [0.2, 0.25) is 0 Å². The van der Waals surface area contributed by atoms with Crippen LogP contribution in [0.4, 0.5) is 15.8 Å². The number of anilines is 2. The molecule has 0 spiro atoms. The minimum absolute atomic E-state index is 0.186. The Balaban J connectivity index is 2.13. The fourth-order valence-electron chi connectivity index (χ4n) is 2.16. The third-order valence-electron chi connectivity index (χ3n) is 2.95. The van der Waals surface area contributed by atoms with Crippen molar-refractivity contribution in [1.29, 1.82) is 0 Å². The van der Waals surface area contributed by atoms with E-state index in [1.807, 2.05) is 0 Å². The summed E-state index contributed by atoms with van der Waals surface area (Å²) < 4.78 is 29.0. The molecule has 1 aromatic carbocycles. The lowest BCUT2D eigenvalue weighted by molar-refractivity contribution is -0.117. The number of rotatable bonds is 1. The zero-order valence-corrected chi connectivity index (χ0v) is 10.0. The van der Waals surface area contributed by atoms with Gasteiger partial charge in [0.1, 0.15) is 18.0 Å². The van der Waals surface area contributed by atoms with E-state index in [2.05, 4.69) is 10.0 Å². The van der Waals surface area contributed by atoms with Crippen molar-refractivity contribution in [2.24, 2.45) is 0 Å². The lowest BCUT2D eigenvalue weighted by Crippen LogP contribution is -2.24. The van der Waals surface area contributed by atoms with E-state index in [-0.39, 0.29) is 18.0 Å². The molecule has 0 aromatic heterocycles. The molecule has 1 amide bonds. The predicted molar refractivity (Wildman–Crippen MR) is 63.9 cm³/mol. The first-order valence-corrected chi connectivity index (χ1v) is 6.45. The molecule has 2 aliphatic heterocycles. The molecule has 0 aliphatic carbocycles. The second kappa shape index (κ2) is 3.84. The molecule has 1 saturated heterocycles. The Bertz CT molecular complexity index is 578. The molecule has 0 saturated carbocycles. The molecule has 96 valence electrons. The lowest BCUT2D eigenvalue weighted by Gasteiger charge is -2.17. The fraction of sp³-hybridized carbons (Fsp3) is 0.300. The number of hydrogen-bond donors (Lipinski definition) is 3. The number of amides is 1. The van der Waals surface area contributed by atoms with Crippen molar-refractivity contribution in [3.63, 3.8) is 0 Å². The number of phenolic OH excluding ortho intramolecular Hbond substituents is 1. The van der Waals surface area contributed by atoms with Crippen LogP contribution in [0.5, 0.6) is 5.75 Å². The molecule has 18 heavy (non-hydrogen) atoms. The number of halogens is 1. The first-order valence-electron chi connectivity index (χ1n) is 5.35. The average Bonchev–Trinajstić information content (AvgIpc) is 2.86. The molecule has 0 bridgehead atoms. The normalized spacial score (nSPS) is 21.7. The molecule has 8 heteroatoms. The van der Waals surface area contributed by atoms with Crippen LogP contribution < -0.4 is 14.3 Å². The number of benzene rings is 1. The average molecular weight is 271 g/mol. The Morgan fingerprint density at radius 1 is 1.50 bits per heavy atom. The van der Waals surface area contributed by atoms with E-state index >= 15 is 0 Å². The number of aromatic hydroxyl groups is 1. The van der Waals surface area contributed by atoms with E-state index in [0.29, 0.717) is 24.2 Å². The minimum Gasteiger partial charge on any atom is -0.506 e. The van der Waals surface area contributed by atoms with Gasteiger partial charge in [0.2, 0.25) is 11.2 Å². The molecule has 1 unspecified atom stereocenters. The Labute approximate surface area is 105 Å². The largest absolute Gasteiger partial charge is 0.506 e. The number of phenols is 1. The zero-order valence-electron chi connectivity index (χ0n) is 9.20. The minimum atomic E-state index is -1.85. The third kappa shape index (κ3) is 1.52. The summed E-state index contributed by atoms with van der Waals surface area (Å²) >= 11 is -1.85. The Kier molecular flexibility index (Phi) is 2.40. The maximum Gasteiger partial charge on any atom is 0.253 e. The van der Waals surface area contributed by atoms with Crippen LogP contribution in [0.25, 0.3) is 0 Å². The molecular formula is C10H10FN3O3S. The smallest absolute Gasteiger partial charge is 0.253 e. The van der Waals surface area contributed by atoms with Gasteiger partial charge in [0, 0.05) is 23.9 Å². The molecule has 1 aromatic rings. The maximum absolute atomic E-state index is 14.3. The van der Waals surface area contributed by atoms with Crippen LogP contribution >= 0.6 is 0 Å². The number of nitrogens with zero attached hydrogens (tertiary/aromatic N) is 1. The van der Waals surface area contributed by atoms with Crippen molar-refractivity contribution in [2.75, 3.05) is 22.7 Å². The quantitative estimate of drug-likeness (QED) is 0.672. The number of hydrogen-bond acceptors (Lipinski definition) is 4. The van der Waals surface area contributed by atoms with Gasteiger partial charge in [-0.1, -0.05) is 0 Å². The van der Waals surface area contributed by atoms with Crippen LogP contribution in [-0.4, -0.2) is 28.3 Å². The summed E-state index contributed by atoms with van der Waals surface area (Å²) in [6, 6.07) is 1.39. The van der Waals surface area contributed by atoms with Crippen molar-refractivity contribution in [3.8, 4) is 5.75 Å². The molecule has 2 heterocycles. The van der Waals surface area contributed by atoms with Gasteiger partial charge in [0.05, 0.1) is 0 Å². The summed E-state index contributed by atoms with van der Waals surface area (Å²) in [5.41, 5.74) is 0.797. The second-order valence-electron chi connectivity index (χ2n) is 4.07. The molecule has 2 aliphatic rings. The monoisotopic (exact) mass is 271 g/mol. The van der Waals surface area contributed by atoms with Crippen molar-refractivity contribution in [3.05, 3.63) is 17.4 Å². The lowest BCUT2D eigenvalue weighted by atomic mass is 10.1. The van der Waals surface area contributed by atoms with Crippen LogP contribution in [0.3, 0.4) is 0 Å². The Morgan fingerprint density at radius 2 is 2.28 bits per heavy atom. The molecule has 3 rings (SSSR count). The van der Waals surface area contributed by atoms with Gasteiger partial charge < -0.3 is 10.4 Å². The highest BCUT2D eigenvalue weighted by atomic mass is 32.2. The predicted octanol–water partition coefficient (Wildman–Crippen LogP) is 0.0142. The second-order valence-corrected chi connectivity index (χ2v) is 5.22. The van der Waals surface area contributed by atoms with E-state index in [1.165, 1.54) is 6.07 Å². The van der Waals surface area contributed by atoms with Gasteiger partial charge in [0.15, 0.2) is 5.82 Å². The van der Waals surface area contributed by atoms with E-state index in [4.69, 9.17) is 0 Å². The standard InChI is InChI=1S/C10H10FN3O3S/c11-9-5-1-2-12-6(5)3-7(15)10(9)14-4-8(16)13-18(14)17/h3,12,15H,1-2,4H2,(H,13,16). The van der Waals surface area contributed by atoms with Crippen LogP contribution in [0, 0.1) is 5.82 Å². The van der Waals surface area contributed by atoms with Crippen LogP contribution in [0.15, 0.2) is 6.07 Å². The van der Waals surface area contributed by atoms with E-state index in [0.717, 1.165) is 4.31 Å². The van der Waals surface area contributed by atoms with Gasteiger partial charge in [-0.3, -0.25) is 13.8 Å². The summed E-state index contributed by atoms with van der Waals surface area (Å²) in [5, 5.41) is 12.8. The van der Waals surface area contributed by atoms with Gasteiger partial charge in [-0.05, 0) is 6.42 Å². The van der Waals surface area contributed by atoms with E-state index in [9.17, 15) is 18.5 Å². The van der Waals surface area contributed by atoms with Crippen molar-refractivity contribution >= 4 is 28.5 Å². The van der Waals surface area contributed by atoms with Crippen LogP contribution in [-0.2, 0) is 22.4 Å². The highest BCUT2D eigenvalue weighted by Crippen LogP contribution is 2.40. The van der Waals surface area contributed by atoms with Gasteiger partial charge in [0.25, 0.3) is 5.91 Å². The van der Waals surface area contributed by atoms with Crippen molar-refractivity contribution < 1.29 is 18.5 Å². The Morgan fingerprint density at radius 3 is 2.94 bits per heavy atom. The van der Waals surface area contributed by atoms with Crippen molar-refractivity contribution in [2.45, 2.75) is 6.42 Å². The highest BCUT2D eigenvalue weighted by Gasteiger charge is 2.33. The topological polar surface area (TPSA) is 81.7 Å². The summed E-state index contributed by atoms with van der Waals surface area (Å²) in [4.78, 5) is 11.1. The van der Waals surface area contributed by atoms with Gasteiger partial charge >= 0.3 is 0 Å². The molecule has 0 radical (unpaired) electrons. The fourth-order valence-corrected chi connectivity index (χ4v) is 3.11. The number of carbonyl (C=O) groups excluding carboxylic acids is 1. The first-order chi connectivity index (χ1) is 8.58. The molecule has 1 fully saturated rings. The van der Waals surface area contributed by atoms with Crippen LogP contribution in [0.1, 0.15) is 5.56 Å². The molecular weight excluding hydrogens is 261 g/mol. The van der Waals surface area contributed by atoms with Gasteiger partial charge in [-0.2, -0.15) is 0 Å². The zero-order chi connectivity index (χ0) is 12.9. The highest BCUT2D eigenvalue weighted by molar-refractivity contribution is 7.85. The molecule has 6 nitrogen and oxygen atoms in total. The summed E-state index contributed by atoms with van der Waals surface area (Å²) in [7, 11) is 0. The first kappa shape index (κ1) is 11.3. The van der Waals surface area contributed by atoms with Crippen molar-refractivity contribution in [1.82, 2.24) is 4.72 Å². The summed E-state index contributed by atoms with van der Waals surface area (Å²) in [5.74, 6) is -1.42.